The highest BCUT2D eigenvalue weighted by molar-refractivity contribution is 5.77. The Morgan fingerprint density at radius 1 is 0.898 bits per heavy atom. The number of aryl methyl sites for hydroxylation is 2. The van der Waals surface area contributed by atoms with E-state index in [0.717, 1.165) is 6.42 Å². The quantitative estimate of drug-likeness (QED) is 0.0464. The lowest BCUT2D eigenvalue weighted by molar-refractivity contribution is -0.160. The summed E-state index contributed by atoms with van der Waals surface area (Å²) in [5, 5.41) is 32.0. The summed E-state index contributed by atoms with van der Waals surface area (Å²) in [7, 11) is 0. The molecule has 12 nitrogen and oxygen atoms in total. The zero-order valence-electron chi connectivity index (χ0n) is 35.3. The molecule has 1 aliphatic rings. The van der Waals surface area contributed by atoms with E-state index in [0.29, 0.717) is 61.8 Å². The van der Waals surface area contributed by atoms with Gasteiger partial charge in [0.2, 0.25) is 0 Å². The number of aliphatic hydroxyl groups is 3. The van der Waals surface area contributed by atoms with Crippen molar-refractivity contribution in [1.82, 2.24) is 4.98 Å². The van der Waals surface area contributed by atoms with Crippen LogP contribution in [0.2, 0.25) is 0 Å². The van der Waals surface area contributed by atoms with Crippen LogP contribution in [0.3, 0.4) is 0 Å². The lowest BCUT2D eigenvalue weighted by Crippen LogP contribution is -2.32. The normalized spacial score (nSPS) is 18.5. The highest BCUT2D eigenvalue weighted by Crippen LogP contribution is 2.39. The number of pyridine rings is 1. The van der Waals surface area contributed by atoms with Gasteiger partial charge in [0.15, 0.2) is 5.75 Å². The minimum Gasteiger partial charge on any atom is -0.460 e. The molecule has 3 N–H and O–H groups in total. The topological polar surface area (TPSA) is 171 Å². The average molecular weight is 818 g/mol. The largest absolute Gasteiger partial charge is 0.460 e. The average Bonchev–Trinajstić information content (AvgIpc) is 3.47. The number of terminal acetylenes is 2. The fourth-order valence-corrected chi connectivity index (χ4v) is 6.93. The number of allylic oxidation sites excluding steroid dienone is 2. The predicted octanol–water partition coefficient (Wildman–Crippen LogP) is 5.98. The summed E-state index contributed by atoms with van der Waals surface area (Å²) >= 11 is 0. The van der Waals surface area contributed by atoms with Gasteiger partial charge in [-0.1, -0.05) is 54.3 Å². The van der Waals surface area contributed by atoms with Crippen molar-refractivity contribution in [2.45, 2.75) is 124 Å². The fourth-order valence-electron chi connectivity index (χ4n) is 6.93. The molecular formula is C47H63NO11. The first-order valence-electron chi connectivity index (χ1n) is 20.4. The summed E-state index contributed by atoms with van der Waals surface area (Å²) in [6, 6.07) is 10.0. The molecule has 59 heavy (non-hydrogen) atoms. The number of hydrogen-bond donors (Lipinski definition) is 3. The maximum Gasteiger partial charge on any atom is 0.314 e. The number of esters is 3. The third kappa shape index (κ3) is 16.2. The van der Waals surface area contributed by atoms with E-state index in [-0.39, 0.29) is 63.6 Å². The Balaban J connectivity index is 1.60. The van der Waals surface area contributed by atoms with Crippen molar-refractivity contribution in [1.29, 1.82) is 0 Å². The van der Waals surface area contributed by atoms with E-state index in [4.69, 9.17) is 36.5 Å². The van der Waals surface area contributed by atoms with Crippen molar-refractivity contribution in [2.24, 2.45) is 22.7 Å². The van der Waals surface area contributed by atoms with Crippen LogP contribution in [0, 0.1) is 54.3 Å². The number of aromatic nitrogens is 1. The monoisotopic (exact) mass is 817 g/mol. The van der Waals surface area contributed by atoms with Crippen molar-refractivity contribution in [2.75, 3.05) is 26.4 Å². The van der Waals surface area contributed by atoms with E-state index in [1.54, 1.807) is 34.6 Å². The minimum absolute atomic E-state index is 0.0203. The standard InChI is InChI=1S/C47H63NO11/c1-8-25-55-31-46(4,5)44(53)57-29-35-28-48-33(3)43(39(35)30-58-45(54)47(6,7)32-56-26-9-2)59-42(52)20-16-11-10-15-19-37-38(41(51)27-40(37)50)24-23-36(49)22-21-34-17-13-12-14-18-34/h1-2,10,12-15,17-18,28,36-38,40-41,49-51H,11,16,19-27,29-32H2,3-7H3/b15-10-/t36?,37-,38-,40+,41-/m1/s1. The Bertz CT molecular complexity index is 1760. The van der Waals surface area contributed by atoms with Gasteiger partial charge in [0.25, 0.3) is 0 Å². The van der Waals surface area contributed by atoms with Crippen molar-refractivity contribution in [3.05, 3.63) is 71.1 Å². The highest BCUT2D eigenvalue weighted by Gasteiger charge is 2.40. The van der Waals surface area contributed by atoms with Crippen LogP contribution in [0.5, 0.6) is 5.75 Å². The van der Waals surface area contributed by atoms with Crippen LogP contribution in [0.25, 0.3) is 0 Å². The van der Waals surface area contributed by atoms with Gasteiger partial charge in [0, 0.05) is 23.7 Å². The van der Waals surface area contributed by atoms with E-state index in [2.05, 4.69) is 16.8 Å². The van der Waals surface area contributed by atoms with E-state index < -0.39 is 47.0 Å². The van der Waals surface area contributed by atoms with Crippen LogP contribution >= 0.6 is 0 Å². The van der Waals surface area contributed by atoms with E-state index >= 15 is 0 Å². The van der Waals surface area contributed by atoms with Gasteiger partial charge in [-0.05, 0) is 103 Å². The molecule has 3 rings (SSSR count). The Labute approximate surface area is 350 Å². The molecule has 0 radical (unpaired) electrons. The zero-order valence-corrected chi connectivity index (χ0v) is 35.3. The molecule has 1 saturated carbocycles. The minimum atomic E-state index is -1.04. The summed E-state index contributed by atoms with van der Waals surface area (Å²) in [5.41, 5.74) is 0.189. The zero-order chi connectivity index (χ0) is 43.4. The molecule has 0 saturated heterocycles. The highest BCUT2D eigenvalue weighted by atomic mass is 16.6. The molecule has 1 fully saturated rings. The first-order valence-corrected chi connectivity index (χ1v) is 20.4. The van der Waals surface area contributed by atoms with Crippen LogP contribution in [-0.2, 0) is 53.0 Å². The van der Waals surface area contributed by atoms with Gasteiger partial charge in [0.05, 0.1) is 48.0 Å². The number of carbonyl (C=O) groups excluding carboxylic acids is 3. The molecule has 322 valence electrons. The number of ether oxygens (including phenoxy) is 5. The Morgan fingerprint density at radius 3 is 2.14 bits per heavy atom. The molecular weight excluding hydrogens is 755 g/mol. The Kier molecular flexibility index (Phi) is 20.3. The molecule has 0 bridgehead atoms. The van der Waals surface area contributed by atoms with Crippen molar-refractivity contribution in [3.8, 4) is 30.4 Å². The van der Waals surface area contributed by atoms with E-state index in [1.165, 1.54) is 11.8 Å². The Morgan fingerprint density at radius 2 is 1.51 bits per heavy atom. The van der Waals surface area contributed by atoms with Gasteiger partial charge in [-0.3, -0.25) is 19.4 Å². The lowest BCUT2D eigenvalue weighted by atomic mass is 9.85. The summed E-state index contributed by atoms with van der Waals surface area (Å²) in [6.07, 6.45) is 18.8. The third-order valence-electron chi connectivity index (χ3n) is 10.5. The number of nitrogens with zero attached hydrogens (tertiary/aromatic N) is 1. The first kappa shape index (κ1) is 48.8. The van der Waals surface area contributed by atoms with Crippen LogP contribution in [0.1, 0.15) is 101 Å². The van der Waals surface area contributed by atoms with Crippen molar-refractivity contribution in [3.63, 3.8) is 0 Å². The van der Waals surface area contributed by atoms with Gasteiger partial charge in [0.1, 0.15) is 26.4 Å². The number of hydrogen-bond acceptors (Lipinski definition) is 12. The maximum atomic E-state index is 13.2. The molecule has 5 atom stereocenters. The molecule has 1 heterocycles. The summed E-state index contributed by atoms with van der Waals surface area (Å²) in [4.78, 5) is 43.7. The molecule has 1 aromatic heterocycles. The van der Waals surface area contributed by atoms with E-state index in [9.17, 15) is 29.7 Å². The smallest absolute Gasteiger partial charge is 0.314 e. The number of aliphatic hydroxyl groups excluding tert-OH is 3. The van der Waals surface area contributed by atoms with Gasteiger partial charge in [-0.15, -0.1) is 12.8 Å². The summed E-state index contributed by atoms with van der Waals surface area (Å²) in [6.45, 7) is 7.88. The van der Waals surface area contributed by atoms with E-state index in [1.807, 2.05) is 42.5 Å². The third-order valence-corrected chi connectivity index (χ3v) is 10.5. The molecule has 2 aromatic rings. The predicted molar refractivity (Wildman–Crippen MR) is 222 cm³/mol. The second-order valence-electron chi connectivity index (χ2n) is 16.5. The lowest BCUT2D eigenvalue weighted by Gasteiger charge is -2.24. The van der Waals surface area contributed by atoms with Gasteiger partial charge < -0.3 is 39.0 Å². The SMILES string of the molecule is C#CCOCC(C)(C)C(=O)OCc1cnc(C)c(OC(=O)CCC/C=C\C[C@@H]2[C@@H](CCC(O)CCc3ccccc3)[C@H](O)C[C@@H]2O)c1COC(=O)C(C)(C)COCC#C. The number of carbonyl (C=O) groups is 3. The van der Waals surface area contributed by atoms with Crippen LogP contribution in [0.4, 0.5) is 0 Å². The number of rotatable bonds is 25. The summed E-state index contributed by atoms with van der Waals surface area (Å²) < 4.78 is 27.9. The first-order chi connectivity index (χ1) is 28.1. The van der Waals surface area contributed by atoms with Crippen molar-refractivity contribution < 1.29 is 53.4 Å². The molecule has 0 spiro atoms. The van der Waals surface area contributed by atoms with Gasteiger partial charge >= 0.3 is 17.9 Å². The number of unbranched alkanes of at least 4 members (excludes halogenated alkanes) is 1. The molecule has 0 aliphatic heterocycles. The van der Waals surface area contributed by atoms with Crippen LogP contribution in [0.15, 0.2) is 48.7 Å². The Hall–Kier alpha value is -4.56. The molecule has 12 heteroatoms. The van der Waals surface area contributed by atoms with Crippen molar-refractivity contribution >= 4 is 17.9 Å². The van der Waals surface area contributed by atoms with Gasteiger partial charge in [-0.2, -0.15) is 0 Å². The fraction of sp³-hybridized carbons (Fsp3) is 0.574. The molecule has 1 aromatic carbocycles. The van der Waals surface area contributed by atoms with Gasteiger partial charge in [-0.25, -0.2) is 0 Å². The molecule has 0 amide bonds. The second kappa shape index (κ2) is 24.5. The molecule has 1 unspecified atom stereocenters. The van der Waals surface area contributed by atoms with Crippen LogP contribution in [-0.4, -0.2) is 83.0 Å². The maximum absolute atomic E-state index is 13.2. The van der Waals surface area contributed by atoms with Crippen LogP contribution < -0.4 is 4.74 Å². The molecule has 1 aliphatic carbocycles. The second-order valence-corrected chi connectivity index (χ2v) is 16.5. The summed E-state index contributed by atoms with van der Waals surface area (Å²) in [5.74, 6) is 2.92. The number of benzene rings is 1.